The Balaban J connectivity index is 2.07. The number of phenolic OH excluding ortho intramolecular Hbond substituents is 1. The summed E-state index contributed by atoms with van der Waals surface area (Å²) in [5, 5.41) is 12.7. The van der Waals surface area contributed by atoms with Crippen molar-refractivity contribution in [2.75, 3.05) is 25.5 Å². The summed E-state index contributed by atoms with van der Waals surface area (Å²) in [5.74, 6) is 0.539. The highest BCUT2D eigenvalue weighted by Crippen LogP contribution is 2.28. The van der Waals surface area contributed by atoms with E-state index in [0.29, 0.717) is 11.4 Å². The Kier molecular flexibility index (Phi) is 4.84. The topological polar surface area (TPSA) is 61.8 Å². The minimum absolute atomic E-state index is 0.0246. The van der Waals surface area contributed by atoms with E-state index in [4.69, 9.17) is 4.74 Å². The third kappa shape index (κ3) is 3.22. The van der Waals surface area contributed by atoms with Crippen LogP contribution >= 0.6 is 0 Å². The molecule has 0 unspecified atom stereocenters. The number of amides is 1. The summed E-state index contributed by atoms with van der Waals surface area (Å²) in [5.41, 5.74) is 0.428. The van der Waals surface area contributed by atoms with Gasteiger partial charge in [0.05, 0.1) is 18.8 Å². The van der Waals surface area contributed by atoms with Crippen molar-refractivity contribution >= 4 is 11.6 Å². The number of anilines is 1. The van der Waals surface area contributed by atoms with Crippen molar-refractivity contribution in [3.8, 4) is 11.5 Å². The number of hydrogen-bond acceptors (Lipinski definition) is 4. The predicted octanol–water partition coefficient (Wildman–Crippen LogP) is 2.21. The standard InChI is InChI=1S/C15H22N2O3/c1-3-17-9-5-4-6-13(17)15(19)16-12-8-7-11(20-2)10-14(12)18/h7-8,10,13,18H,3-6,9H2,1-2H3,(H,16,19)/t13-/m1/s1. The Morgan fingerprint density at radius 2 is 2.30 bits per heavy atom. The van der Waals surface area contributed by atoms with Gasteiger partial charge < -0.3 is 15.2 Å². The van der Waals surface area contributed by atoms with Crippen molar-refractivity contribution in [2.45, 2.75) is 32.2 Å². The zero-order valence-corrected chi connectivity index (χ0v) is 12.1. The van der Waals surface area contributed by atoms with E-state index in [2.05, 4.69) is 17.1 Å². The van der Waals surface area contributed by atoms with Crippen LogP contribution in [0.4, 0.5) is 5.69 Å². The van der Waals surface area contributed by atoms with E-state index in [1.807, 2.05) is 0 Å². The molecule has 1 saturated heterocycles. The second-order valence-electron chi connectivity index (χ2n) is 5.01. The molecular formula is C15H22N2O3. The van der Waals surface area contributed by atoms with E-state index < -0.39 is 0 Å². The third-order valence-corrected chi connectivity index (χ3v) is 3.79. The van der Waals surface area contributed by atoms with Crippen LogP contribution in [-0.4, -0.2) is 42.2 Å². The molecule has 5 nitrogen and oxygen atoms in total. The Hall–Kier alpha value is -1.75. The van der Waals surface area contributed by atoms with E-state index in [1.54, 1.807) is 12.1 Å². The van der Waals surface area contributed by atoms with E-state index in [-0.39, 0.29) is 17.7 Å². The molecule has 1 aliphatic heterocycles. The largest absolute Gasteiger partial charge is 0.506 e. The number of benzene rings is 1. The molecular weight excluding hydrogens is 256 g/mol. The number of carbonyl (C=O) groups excluding carboxylic acids is 1. The van der Waals surface area contributed by atoms with E-state index in [9.17, 15) is 9.90 Å². The minimum Gasteiger partial charge on any atom is -0.506 e. The van der Waals surface area contributed by atoms with Crippen molar-refractivity contribution < 1.29 is 14.6 Å². The molecule has 0 bridgehead atoms. The number of likely N-dealkylation sites (tertiary alicyclic amines) is 1. The number of nitrogens with zero attached hydrogens (tertiary/aromatic N) is 1. The number of phenols is 1. The summed E-state index contributed by atoms with van der Waals surface area (Å²) >= 11 is 0. The van der Waals surface area contributed by atoms with Gasteiger partial charge in [-0.3, -0.25) is 9.69 Å². The maximum Gasteiger partial charge on any atom is 0.241 e. The van der Waals surface area contributed by atoms with Gasteiger partial charge in [0.1, 0.15) is 11.5 Å². The predicted molar refractivity (Wildman–Crippen MR) is 78.2 cm³/mol. The van der Waals surface area contributed by atoms with E-state index >= 15 is 0 Å². The average Bonchev–Trinajstić information content (AvgIpc) is 2.49. The first-order chi connectivity index (χ1) is 9.65. The van der Waals surface area contributed by atoms with Crippen LogP contribution in [0.1, 0.15) is 26.2 Å². The molecule has 1 fully saturated rings. The number of aromatic hydroxyl groups is 1. The molecule has 1 aromatic carbocycles. The van der Waals surface area contributed by atoms with Crippen LogP contribution in [-0.2, 0) is 4.79 Å². The third-order valence-electron chi connectivity index (χ3n) is 3.79. The molecule has 1 amide bonds. The molecule has 1 aromatic rings. The highest BCUT2D eigenvalue weighted by Gasteiger charge is 2.27. The van der Waals surface area contributed by atoms with Gasteiger partial charge in [0, 0.05) is 6.07 Å². The molecule has 1 atom stereocenters. The second-order valence-corrected chi connectivity index (χ2v) is 5.01. The Morgan fingerprint density at radius 3 is 2.95 bits per heavy atom. The van der Waals surface area contributed by atoms with Gasteiger partial charge in [-0.1, -0.05) is 13.3 Å². The lowest BCUT2D eigenvalue weighted by molar-refractivity contribution is -0.122. The van der Waals surface area contributed by atoms with Crippen molar-refractivity contribution in [3.05, 3.63) is 18.2 Å². The van der Waals surface area contributed by atoms with Crippen molar-refractivity contribution in [1.82, 2.24) is 4.90 Å². The number of ether oxygens (including phenoxy) is 1. The second kappa shape index (κ2) is 6.61. The number of rotatable bonds is 4. The first-order valence-electron chi connectivity index (χ1n) is 7.07. The van der Waals surface area contributed by atoms with E-state index in [0.717, 1.165) is 32.4 Å². The number of piperidine rings is 1. The van der Waals surface area contributed by atoms with Crippen LogP contribution in [0, 0.1) is 0 Å². The zero-order chi connectivity index (χ0) is 14.5. The minimum atomic E-state index is -0.102. The Bertz CT molecular complexity index is 476. The van der Waals surface area contributed by atoms with Crippen LogP contribution in [0.15, 0.2) is 18.2 Å². The van der Waals surface area contributed by atoms with Gasteiger partial charge >= 0.3 is 0 Å². The van der Waals surface area contributed by atoms with Crippen LogP contribution in [0.25, 0.3) is 0 Å². The lowest BCUT2D eigenvalue weighted by Gasteiger charge is -2.33. The highest BCUT2D eigenvalue weighted by molar-refractivity contribution is 5.96. The summed E-state index contributed by atoms with van der Waals surface area (Å²) in [6.07, 6.45) is 3.09. The van der Waals surface area contributed by atoms with E-state index in [1.165, 1.54) is 13.2 Å². The summed E-state index contributed by atoms with van der Waals surface area (Å²) < 4.78 is 5.02. The fraction of sp³-hybridized carbons (Fsp3) is 0.533. The molecule has 5 heteroatoms. The average molecular weight is 278 g/mol. The highest BCUT2D eigenvalue weighted by atomic mass is 16.5. The van der Waals surface area contributed by atoms with Crippen LogP contribution < -0.4 is 10.1 Å². The van der Waals surface area contributed by atoms with Gasteiger partial charge in [0.25, 0.3) is 0 Å². The Morgan fingerprint density at radius 1 is 1.50 bits per heavy atom. The molecule has 0 aliphatic carbocycles. The maximum atomic E-state index is 12.3. The summed E-state index contributed by atoms with van der Waals surface area (Å²) in [7, 11) is 1.54. The molecule has 2 N–H and O–H groups in total. The molecule has 1 aliphatic rings. The van der Waals surface area contributed by atoms with Gasteiger partial charge in [-0.05, 0) is 38.1 Å². The fourth-order valence-corrected chi connectivity index (χ4v) is 2.63. The lowest BCUT2D eigenvalue weighted by Crippen LogP contribution is -2.46. The zero-order valence-electron chi connectivity index (χ0n) is 12.1. The molecule has 0 radical (unpaired) electrons. The number of carbonyl (C=O) groups is 1. The molecule has 110 valence electrons. The first kappa shape index (κ1) is 14.7. The number of hydrogen-bond donors (Lipinski definition) is 2. The monoisotopic (exact) mass is 278 g/mol. The van der Waals surface area contributed by atoms with Gasteiger partial charge in [0.15, 0.2) is 0 Å². The van der Waals surface area contributed by atoms with Crippen LogP contribution in [0.5, 0.6) is 11.5 Å². The molecule has 0 spiro atoms. The van der Waals surface area contributed by atoms with Gasteiger partial charge in [-0.25, -0.2) is 0 Å². The molecule has 0 aromatic heterocycles. The normalized spacial score (nSPS) is 19.6. The van der Waals surface area contributed by atoms with Crippen molar-refractivity contribution in [2.24, 2.45) is 0 Å². The molecule has 0 saturated carbocycles. The number of likely N-dealkylation sites (N-methyl/N-ethyl adjacent to an activating group) is 1. The molecule has 20 heavy (non-hydrogen) atoms. The maximum absolute atomic E-state index is 12.3. The lowest BCUT2D eigenvalue weighted by atomic mass is 10.0. The van der Waals surface area contributed by atoms with Crippen LogP contribution in [0.2, 0.25) is 0 Å². The fourth-order valence-electron chi connectivity index (χ4n) is 2.63. The summed E-state index contributed by atoms with van der Waals surface area (Å²) in [6, 6.07) is 4.77. The van der Waals surface area contributed by atoms with Crippen molar-refractivity contribution in [3.63, 3.8) is 0 Å². The van der Waals surface area contributed by atoms with Gasteiger partial charge in [-0.2, -0.15) is 0 Å². The summed E-state index contributed by atoms with van der Waals surface area (Å²) in [4.78, 5) is 14.5. The Labute approximate surface area is 119 Å². The smallest absolute Gasteiger partial charge is 0.241 e. The number of nitrogens with one attached hydrogen (secondary N) is 1. The quantitative estimate of drug-likeness (QED) is 0.829. The SMILES string of the molecule is CCN1CCCC[C@@H]1C(=O)Nc1ccc(OC)cc1O. The van der Waals surface area contributed by atoms with Gasteiger partial charge in [-0.15, -0.1) is 0 Å². The molecule has 2 rings (SSSR count). The van der Waals surface area contributed by atoms with Gasteiger partial charge in [0.2, 0.25) is 5.91 Å². The number of methoxy groups -OCH3 is 1. The van der Waals surface area contributed by atoms with Crippen molar-refractivity contribution in [1.29, 1.82) is 0 Å². The first-order valence-corrected chi connectivity index (χ1v) is 7.07. The molecule has 1 heterocycles. The van der Waals surface area contributed by atoms with Crippen LogP contribution in [0.3, 0.4) is 0 Å². The summed E-state index contributed by atoms with van der Waals surface area (Å²) in [6.45, 7) is 3.90.